The van der Waals surface area contributed by atoms with E-state index in [1.54, 1.807) is 18.2 Å². The van der Waals surface area contributed by atoms with Crippen molar-refractivity contribution in [2.45, 2.75) is 13.8 Å². The van der Waals surface area contributed by atoms with Crippen LogP contribution in [0.4, 0.5) is 11.4 Å². The van der Waals surface area contributed by atoms with Crippen LogP contribution in [0.1, 0.15) is 11.1 Å². The molecule has 0 unspecified atom stereocenters. The topological polar surface area (TPSA) is 84.9 Å². The Morgan fingerprint density at radius 1 is 1.07 bits per heavy atom. The lowest BCUT2D eigenvalue weighted by atomic mass is 10.1. The molecule has 1 heterocycles. The van der Waals surface area contributed by atoms with Gasteiger partial charge in [0.2, 0.25) is 15.9 Å². The number of nitrogens with one attached hydrogen (secondary N) is 1. The lowest BCUT2D eigenvalue weighted by Gasteiger charge is -2.25. The molecule has 3 rings (SSSR count). The molecule has 1 amide bonds. The highest BCUT2D eigenvalue weighted by atomic mass is 32.2. The Bertz CT molecular complexity index is 952. The van der Waals surface area contributed by atoms with Gasteiger partial charge in [-0.25, -0.2) is 8.42 Å². The first-order valence-electron chi connectivity index (χ1n) is 8.49. The van der Waals surface area contributed by atoms with Crippen LogP contribution in [0, 0.1) is 13.8 Å². The minimum atomic E-state index is -3.64. The normalized spacial score (nSPS) is 13.1. The lowest BCUT2D eigenvalue weighted by molar-refractivity contribution is -0.114. The van der Waals surface area contributed by atoms with Crippen molar-refractivity contribution in [1.82, 2.24) is 0 Å². The highest BCUT2D eigenvalue weighted by Gasteiger charge is 2.24. The van der Waals surface area contributed by atoms with E-state index in [1.807, 2.05) is 32.0 Å². The van der Waals surface area contributed by atoms with Crippen LogP contribution in [-0.2, 0) is 14.8 Å². The molecule has 1 aliphatic rings. The molecule has 7 nitrogen and oxygen atoms in total. The third-order valence-electron chi connectivity index (χ3n) is 4.20. The summed E-state index contributed by atoms with van der Waals surface area (Å²) >= 11 is 0. The summed E-state index contributed by atoms with van der Waals surface area (Å²) in [4.78, 5) is 12.5. The zero-order valence-corrected chi connectivity index (χ0v) is 16.3. The van der Waals surface area contributed by atoms with Crippen molar-refractivity contribution < 1.29 is 22.7 Å². The van der Waals surface area contributed by atoms with Gasteiger partial charge in [0, 0.05) is 11.8 Å². The second kappa shape index (κ2) is 7.48. The monoisotopic (exact) mass is 390 g/mol. The summed E-state index contributed by atoms with van der Waals surface area (Å²) in [5.74, 6) is 0.723. The van der Waals surface area contributed by atoms with Gasteiger partial charge in [-0.05, 0) is 37.1 Å². The number of amides is 1. The van der Waals surface area contributed by atoms with Crippen LogP contribution >= 0.6 is 0 Å². The maximum Gasteiger partial charge on any atom is 0.245 e. The number of carbonyl (C=O) groups is 1. The molecule has 0 bridgehead atoms. The quantitative estimate of drug-likeness (QED) is 0.848. The van der Waals surface area contributed by atoms with Gasteiger partial charge in [-0.3, -0.25) is 9.10 Å². The van der Waals surface area contributed by atoms with Gasteiger partial charge in [-0.1, -0.05) is 18.2 Å². The molecule has 144 valence electrons. The number of carbonyl (C=O) groups excluding carboxylic acids is 1. The van der Waals surface area contributed by atoms with E-state index in [9.17, 15) is 13.2 Å². The molecule has 1 aliphatic heterocycles. The Labute approximate surface area is 158 Å². The molecular formula is C19H22N2O5S. The van der Waals surface area contributed by atoms with E-state index >= 15 is 0 Å². The van der Waals surface area contributed by atoms with Crippen LogP contribution in [0.25, 0.3) is 0 Å². The smallest absolute Gasteiger partial charge is 0.245 e. The number of fused-ring (bicyclic) bond motifs is 1. The molecule has 0 spiro atoms. The van der Waals surface area contributed by atoms with Gasteiger partial charge in [0.05, 0.1) is 11.9 Å². The maximum absolute atomic E-state index is 12.5. The predicted molar refractivity (Wildman–Crippen MR) is 104 cm³/mol. The molecule has 0 saturated heterocycles. The van der Waals surface area contributed by atoms with Crippen LogP contribution in [0.3, 0.4) is 0 Å². The highest BCUT2D eigenvalue weighted by Crippen LogP contribution is 2.32. The van der Waals surface area contributed by atoms with E-state index in [0.29, 0.717) is 36.1 Å². The van der Waals surface area contributed by atoms with Crippen molar-refractivity contribution in [3.63, 3.8) is 0 Å². The fourth-order valence-corrected chi connectivity index (χ4v) is 3.98. The number of sulfonamides is 1. The first-order chi connectivity index (χ1) is 12.8. The average Bonchev–Trinajstić information content (AvgIpc) is 2.59. The molecule has 0 atom stereocenters. The van der Waals surface area contributed by atoms with Crippen molar-refractivity contribution in [3.05, 3.63) is 47.5 Å². The summed E-state index contributed by atoms with van der Waals surface area (Å²) in [5.41, 5.74) is 2.61. The Balaban J connectivity index is 1.82. The molecule has 8 heteroatoms. The molecule has 0 saturated carbocycles. The summed E-state index contributed by atoms with van der Waals surface area (Å²) in [7, 11) is -3.64. The van der Waals surface area contributed by atoms with E-state index in [4.69, 9.17) is 9.47 Å². The Morgan fingerprint density at radius 3 is 2.33 bits per heavy atom. The average molecular weight is 390 g/mol. The van der Waals surface area contributed by atoms with Gasteiger partial charge in [0.15, 0.2) is 11.5 Å². The Kier molecular flexibility index (Phi) is 5.27. The van der Waals surface area contributed by atoms with E-state index in [1.165, 1.54) is 0 Å². The molecule has 27 heavy (non-hydrogen) atoms. The van der Waals surface area contributed by atoms with Crippen LogP contribution in [0.2, 0.25) is 0 Å². The number of benzene rings is 2. The Hall–Kier alpha value is -2.74. The minimum absolute atomic E-state index is 0.320. The van der Waals surface area contributed by atoms with Gasteiger partial charge >= 0.3 is 0 Å². The number of ether oxygens (including phenoxy) is 2. The summed E-state index contributed by atoms with van der Waals surface area (Å²) < 4.78 is 36.7. The number of rotatable bonds is 5. The van der Waals surface area contributed by atoms with E-state index in [-0.39, 0.29) is 6.54 Å². The van der Waals surface area contributed by atoms with Crippen molar-refractivity contribution in [2.75, 3.05) is 35.6 Å². The molecule has 0 aromatic heterocycles. The van der Waals surface area contributed by atoms with Crippen molar-refractivity contribution in [2.24, 2.45) is 0 Å². The number of para-hydroxylation sites is 1. The summed E-state index contributed by atoms with van der Waals surface area (Å²) in [6.45, 7) is 4.24. The third kappa shape index (κ3) is 4.33. The number of hydrogen-bond acceptors (Lipinski definition) is 5. The van der Waals surface area contributed by atoms with Gasteiger partial charge in [0.25, 0.3) is 0 Å². The SMILES string of the molecule is Cc1cccc(C)c1N(CC(=O)Nc1ccc2c(c1)OCCO2)S(C)(=O)=O. The molecule has 0 fully saturated rings. The molecule has 1 N–H and O–H groups in total. The number of nitrogens with zero attached hydrogens (tertiary/aromatic N) is 1. The van der Waals surface area contributed by atoms with Crippen molar-refractivity contribution >= 4 is 27.3 Å². The predicted octanol–water partition coefficient (Wildman–Crippen LogP) is 2.48. The second-order valence-electron chi connectivity index (χ2n) is 6.42. The highest BCUT2D eigenvalue weighted by molar-refractivity contribution is 7.92. The van der Waals surface area contributed by atoms with Crippen LogP contribution in [0.5, 0.6) is 11.5 Å². The van der Waals surface area contributed by atoms with E-state index in [0.717, 1.165) is 21.7 Å². The fraction of sp³-hybridized carbons (Fsp3) is 0.316. The van der Waals surface area contributed by atoms with E-state index < -0.39 is 15.9 Å². The van der Waals surface area contributed by atoms with Gasteiger partial charge in [-0.15, -0.1) is 0 Å². The lowest BCUT2D eigenvalue weighted by Crippen LogP contribution is -2.38. The summed E-state index contributed by atoms with van der Waals surface area (Å²) in [6.07, 6.45) is 1.09. The molecule has 0 aliphatic carbocycles. The minimum Gasteiger partial charge on any atom is -0.486 e. The second-order valence-corrected chi connectivity index (χ2v) is 8.32. The van der Waals surface area contributed by atoms with Crippen LogP contribution in [0.15, 0.2) is 36.4 Å². The number of hydrogen-bond donors (Lipinski definition) is 1. The van der Waals surface area contributed by atoms with Crippen LogP contribution in [-0.4, -0.2) is 40.3 Å². The zero-order chi connectivity index (χ0) is 19.6. The first-order valence-corrected chi connectivity index (χ1v) is 10.3. The summed E-state index contributed by atoms with van der Waals surface area (Å²) in [5, 5.41) is 2.72. The Morgan fingerprint density at radius 2 is 1.70 bits per heavy atom. The zero-order valence-electron chi connectivity index (χ0n) is 15.5. The number of aryl methyl sites for hydroxylation is 2. The largest absolute Gasteiger partial charge is 0.486 e. The van der Waals surface area contributed by atoms with Crippen molar-refractivity contribution in [1.29, 1.82) is 0 Å². The van der Waals surface area contributed by atoms with Gasteiger partial charge < -0.3 is 14.8 Å². The van der Waals surface area contributed by atoms with Crippen molar-refractivity contribution in [3.8, 4) is 11.5 Å². The molecule has 0 radical (unpaired) electrons. The van der Waals surface area contributed by atoms with Gasteiger partial charge in [0.1, 0.15) is 19.8 Å². The molecular weight excluding hydrogens is 368 g/mol. The molecule has 2 aromatic rings. The standard InChI is InChI=1S/C19H22N2O5S/c1-13-5-4-6-14(2)19(13)21(27(3,23)24)12-18(22)20-15-7-8-16-17(11-15)26-10-9-25-16/h4-8,11H,9-10,12H2,1-3H3,(H,20,22). The maximum atomic E-state index is 12.5. The van der Waals surface area contributed by atoms with Crippen LogP contribution < -0.4 is 19.1 Å². The summed E-state index contributed by atoms with van der Waals surface area (Å²) in [6, 6.07) is 10.6. The third-order valence-corrected chi connectivity index (χ3v) is 5.31. The fourth-order valence-electron chi connectivity index (χ4n) is 3.01. The van der Waals surface area contributed by atoms with Gasteiger partial charge in [-0.2, -0.15) is 0 Å². The first kappa shape index (κ1) is 19.0. The number of anilines is 2. The molecule has 2 aromatic carbocycles. The van der Waals surface area contributed by atoms with E-state index in [2.05, 4.69) is 5.32 Å².